The number of carbonyl (C=O) groups is 2. The number of hydrogen-bond donors (Lipinski definition) is 2. The van der Waals surface area contributed by atoms with E-state index in [1.807, 2.05) is 13.8 Å². The monoisotopic (exact) mass is 394 g/mol. The van der Waals surface area contributed by atoms with Gasteiger partial charge in [-0.25, -0.2) is 0 Å². The fourth-order valence-electron chi connectivity index (χ4n) is 2.26. The number of amides is 2. The number of nitrogens with one attached hydrogen (secondary N) is 2. The Morgan fingerprint density at radius 2 is 1.85 bits per heavy atom. The summed E-state index contributed by atoms with van der Waals surface area (Å²) >= 11 is 6.26. The van der Waals surface area contributed by atoms with Crippen LogP contribution in [0.25, 0.3) is 0 Å². The van der Waals surface area contributed by atoms with Crippen LogP contribution in [0.2, 0.25) is 5.02 Å². The van der Waals surface area contributed by atoms with Gasteiger partial charge in [-0.3, -0.25) is 9.59 Å². The molecule has 2 amide bonds. The lowest BCUT2D eigenvalue weighted by atomic mass is 10.2. The summed E-state index contributed by atoms with van der Waals surface area (Å²) in [7, 11) is 0. The van der Waals surface area contributed by atoms with Crippen molar-refractivity contribution in [3.8, 4) is 11.5 Å². The minimum atomic E-state index is -0.339. The van der Waals surface area contributed by atoms with Crippen LogP contribution in [0.5, 0.6) is 11.5 Å². The molecule has 27 heavy (non-hydrogen) atoms. The fraction of sp³-hybridized carbons (Fsp3) is 0.368. The minimum Gasteiger partial charge on any atom is -0.490 e. The van der Waals surface area contributed by atoms with E-state index in [0.29, 0.717) is 35.3 Å². The maximum absolute atomic E-state index is 12.4. The highest BCUT2D eigenvalue weighted by Crippen LogP contribution is 2.36. The molecule has 0 aliphatic heterocycles. The number of benzene rings is 1. The number of halogens is 1. The smallest absolute Gasteiger partial charge is 0.287 e. The zero-order valence-electron chi connectivity index (χ0n) is 15.3. The van der Waals surface area contributed by atoms with Crippen molar-refractivity contribution in [2.45, 2.75) is 20.3 Å². The molecule has 0 aliphatic rings. The molecule has 2 aromatic rings. The Morgan fingerprint density at radius 1 is 1.11 bits per heavy atom. The second-order valence-electron chi connectivity index (χ2n) is 5.56. The second kappa shape index (κ2) is 10.5. The molecule has 0 aliphatic carbocycles. The number of furan rings is 1. The standard InChI is InChI=1S/C19H23ClN2O5/c1-3-9-27-17-14(20)11-13(12-16(17)25-4-2)18(23)21-7-8-22-19(24)15-6-5-10-26-15/h5-6,10-12H,3-4,7-9H2,1-2H3,(H,21,23)(H,22,24). The van der Waals surface area contributed by atoms with Gasteiger partial charge in [-0.05, 0) is 37.6 Å². The molecule has 0 unspecified atom stereocenters. The summed E-state index contributed by atoms with van der Waals surface area (Å²) < 4.78 is 16.2. The highest BCUT2D eigenvalue weighted by Gasteiger charge is 2.16. The summed E-state index contributed by atoms with van der Waals surface area (Å²) in [6, 6.07) is 6.32. The van der Waals surface area contributed by atoms with Crippen molar-refractivity contribution in [1.29, 1.82) is 0 Å². The summed E-state index contributed by atoms with van der Waals surface area (Å²) in [6.45, 7) is 5.26. The van der Waals surface area contributed by atoms with Gasteiger partial charge in [0.2, 0.25) is 0 Å². The largest absolute Gasteiger partial charge is 0.490 e. The van der Waals surface area contributed by atoms with Crippen LogP contribution < -0.4 is 20.1 Å². The molecule has 1 aromatic carbocycles. The summed E-state index contributed by atoms with van der Waals surface area (Å²) in [5.74, 6) is 0.412. The van der Waals surface area contributed by atoms with Gasteiger partial charge in [0.15, 0.2) is 17.3 Å². The van der Waals surface area contributed by atoms with Crippen LogP contribution in [-0.2, 0) is 0 Å². The lowest BCUT2D eigenvalue weighted by Gasteiger charge is -2.15. The SMILES string of the molecule is CCCOc1c(Cl)cc(C(=O)NCCNC(=O)c2ccco2)cc1OCC. The molecule has 0 bridgehead atoms. The molecule has 8 heteroatoms. The fourth-order valence-corrected chi connectivity index (χ4v) is 2.52. The molecule has 0 fully saturated rings. The van der Waals surface area contributed by atoms with Crippen molar-refractivity contribution in [2.75, 3.05) is 26.3 Å². The van der Waals surface area contributed by atoms with Gasteiger partial charge in [-0.15, -0.1) is 0 Å². The van der Waals surface area contributed by atoms with Crippen molar-refractivity contribution in [1.82, 2.24) is 10.6 Å². The van der Waals surface area contributed by atoms with Gasteiger partial charge in [0.05, 0.1) is 24.5 Å². The number of ether oxygens (including phenoxy) is 2. The highest BCUT2D eigenvalue weighted by atomic mass is 35.5. The van der Waals surface area contributed by atoms with Crippen molar-refractivity contribution in [3.05, 3.63) is 46.9 Å². The predicted octanol–water partition coefficient (Wildman–Crippen LogP) is 3.28. The average molecular weight is 395 g/mol. The van der Waals surface area contributed by atoms with E-state index in [-0.39, 0.29) is 30.7 Å². The molecule has 2 N–H and O–H groups in total. The number of carbonyl (C=O) groups excluding carboxylic acids is 2. The molecule has 0 spiro atoms. The quantitative estimate of drug-likeness (QED) is 0.603. The van der Waals surface area contributed by atoms with Crippen LogP contribution >= 0.6 is 11.6 Å². The van der Waals surface area contributed by atoms with Gasteiger partial charge in [0.1, 0.15) is 0 Å². The van der Waals surface area contributed by atoms with Crippen LogP contribution in [0, 0.1) is 0 Å². The maximum Gasteiger partial charge on any atom is 0.287 e. The molecule has 0 atom stereocenters. The Kier molecular flexibility index (Phi) is 8.00. The molecule has 1 heterocycles. The van der Waals surface area contributed by atoms with Crippen LogP contribution in [0.1, 0.15) is 41.2 Å². The van der Waals surface area contributed by atoms with Crippen LogP contribution in [-0.4, -0.2) is 38.1 Å². The van der Waals surface area contributed by atoms with Gasteiger partial charge < -0.3 is 24.5 Å². The normalized spacial score (nSPS) is 10.3. The Balaban J connectivity index is 1.93. The van der Waals surface area contributed by atoms with Gasteiger partial charge in [0, 0.05) is 18.7 Å². The van der Waals surface area contributed by atoms with Crippen LogP contribution in [0.15, 0.2) is 34.9 Å². The molecule has 0 radical (unpaired) electrons. The molecule has 146 valence electrons. The number of rotatable bonds is 10. The highest BCUT2D eigenvalue weighted by molar-refractivity contribution is 6.32. The van der Waals surface area contributed by atoms with Gasteiger partial charge in [-0.1, -0.05) is 18.5 Å². The lowest BCUT2D eigenvalue weighted by molar-refractivity contribution is 0.0910. The van der Waals surface area contributed by atoms with Crippen molar-refractivity contribution in [3.63, 3.8) is 0 Å². The third kappa shape index (κ3) is 5.92. The molecule has 0 saturated heterocycles. The first-order chi connectivity index (χ1) is 13.1. The van der Waals surface area contributed by atoms with E-state index in [4.69, 9.17) is 25.5 Å². The van der Waals surface area contributed by atoms with E-state index >= 15 is 0 Å². The molecule has 0 saturated carbocycles. The Hall–Kier alpha value is -2.67. The summed E-state index contributed by atoms with van der Waals surface area (Å²) in [5.41, 5.74) is 0.352. The van der Waals surface area contributed by atoms with Crippen molar-refractivity contribution < 1.29 is 23.5 Å². The number of hydrogen-bond acceptors (Lipinski definition) is 5. The zero-order chi connectivity index (χ0) is 19.6. The Morgan fingerprint density at radius 3 is 2.48 bits per heavy atom. The Labute approximate surface area is 163 Å². The van der Waals surface area contributed by atoms with Crippen molar-refractivity contribution >= 4 is 23.4 Å². The summed E-state index contributed by atoms with van der Waals surface area (Å²) in [4.78, 5) is 24.1. The topological polar surface area (TPSA) is 89.8 Å². The first kappa shape index (κ1) is 20.6. The minimum absolute atomic E-state index is 0.220. The van der Waals surface area contributed by atoms with E-state index in [1.54, 1.807) is 18.2 Å². The van der Waals surface area contributed by atoms with Gasteiger partial charge >= 0.3 is 0 Å². The third-order valence-electron chi connectivity index (χ3n) is 3.46. The van der Waals surface area contributed by atoms with Gasteiger partial charge in [-0.2, -0.15) is 0 Å². The second-order valence-corrected chi connectivity index (χ2v) is 5.96. The molecule has 2 rings (SSSR count). The van der Waals surface area contributed by atoms with E-state index < -0.39 is 0 Å². The van der Waals surface area contributed by atoms with E-state index in [1.165, 1.54) is 12.3 Å². The predicted molar refractivity (Wildman–Crippen MR) is 102 cm³/mol. The molecule has 7 nitrogen and oxygen atoms in total. The van der Waals surface area contributed by atoms with E-state index in [0.717, 1.165) is 6.42 Å². The molecule has 1 aromatic heterocycles. The molecular weight excluding hydrogens is 372 g/mol. The zero-order valence-corrected chi connectivity index (χ0v) is 16.1. The summed E-state index contributed by atoms with van der Waals surface area (Å²) in [5, 5.41) is 5.68. The van der Waals surface area contributed by atoms with Crippen LogP contribution in [0.3, 0.4) is 0 Å². The Bertz CT molecular complexity index is 762. The maximum atomic E-state index is 12.4. The van der Waals surface area contributed by atoms with E-state index in [9.17, 15) is 9.59 Å². The summed E-state index contributed by atoms with van der Waals surface area (Å²) in [6.07, 6.45) is 2.25. The first-order valence-electron chi connectivity index (χ1n) is 8.75. The van der Waals surface area contributed by atoms with Crippen LogP contribution in [0.4, 0.5) is 0 Å². The first-order valence-corrected chi connectivity index (χ1v) is 9.13. The average Bonchev–Trinajstić information content (AvgIpc) is 3.19. The lowest BCUT2D eigenvalue weighted by Crippen LogP contribution is -2.34. The van der Waals surface area contributed by atoms with E-state index in [2.05, 4.69) is 10.6 Å². The van der Waals surface area contributed by atoms with Gasteiger partial charge in [0.25, 0.3) is 11.8 Å². The molecular formula is C19H23ClN2O5. The third-order valence-corrected chi connectivity index (χ3v) is 3.74. The van der Waals surface area contributed by atoms with Crippen molar-refractivity contribution in [2.24, 2.45) is 0 Å².